The lowest BCUT2D eigenvalue weighted by Crippen LogP contribution is -2.22. The quantitative estimate of drug-likeness (QED) is 0.454. The summed E-state index contributed by atoms with van der Waals surface area (Å²) in [6.07, 6.45) is 3.20. The maximum atomic E-state index is 12.2. The zero-order valence-corrected chi connectivity index (χ0v) is 18.0. The van der Waals surface area contributed by atoms with Crippen LogP contribution in [0.2, 0.25) is 0 Å². The molecule has 0 fully saturated rings. The second-order valence-electron chi connectivity index (χ2n) is 6.73. The molecule has 0 spiro atoms. The molecule has 0 aliphatic heterocycles. The number of aromatic nitrogens is 2. The Morgan fingerprint density at radius 3 is 2.48 bits per heavy atom. The van der Waals surface area contributed by atoms with Crippen LogP contribution in [0.5, 0.6) is 11.5 Å². The average molecular weight is 432 g/mol. The molecular formula is C24H21N3O3S. The number of benzene rings is 2. The van der Waals surface area contributed by atoms with Crippen LogP contribution in [0.25, 0.3) is 21.8 Å². The normalized spacial score (nSPS) is 10.5. The molecule has 0 aliphatic carbocycles. The molecule has 1 N–H and O–H groups in total. The zero-order chi connectivity index (χ0) is 21.6. The maximum Gasteiger partial charge on any atom is 0.253 e. The lowest BCUT2D eigenvalue weighted by molar-refractivity contribution is 0.0950. The first-order valence-electron chi connectivity index (χ1n) is 9.63. The van der Waals surface area contributed by atoms with Crippen molar-refractivity contribution in [1.82, 2.24) is 15.3 Å². The average Bonchev–Trinajstić information content (AvgIpc) is 3.33. The molecule has 156 valence electrons. The van der Waals surface area contributed by atoms with Crippen molar-refractivity contribution >= 4 is 17.2 Å². The smallest absolute Gasteiger partial charge is 0.253 e. The van der Waals surface area contributed by atoms with Gasteiger partial charge in [0.05, 0.1) is 25.5 Å². The molecule has 0 saturated heterocycles. The van der Waals surface area contributed by atoms with E-state index >= 15 is 0 Å². The van der Waals surface area contributed by atoms with E-state index in [2.05, 4.69) is 10.3 Å². The fraction of sp³-hybridized carbons (Fsp3) is 0.125. The summed E-state index contributed by atoms with van der Waals surface area (Å²) in [5, 5.41) is 5.86. The number of ether oxygens (including phenoxy) is 2. The van der Waals surface area contributed by atoms with Gasteiger partial charge >= 0.3 is 0 Å². The minimum absolute atomic E-state index is 0.142. The van der Waals surface area contributed by atoms with Crippen molar-refractivity contribution in [3.05, 3.63) is 83.5 Å². The van der Waals surface area contributed by atoms with Crippen LogP contribution in [-0.4, -0.2) is 30.1 Å². The van der Waals surface area contributed by atoms with Crippen LogP contribution >= 0.6 is 11.3 Å². The second kappa shape index (κ2) is 9.40. The molecule has 31 heavy (non-hydrogen) atoms. The first-order chi connectivity index (χ1) is 15.2. The Hall–Kier alpha value is -3.71. The van der Waals surface area contributed by atoms with E-state index in [0.717, 1.165) is 27.4 Å². The molecule has 2 aromatic heterocycles. The topological polar surface area (TPSA) is 73.3 Å². The zero-order valence-electron chi connectivity index (χ0n) is 17.2. The number of hydrogen-bond donors (Lipinski definition) is 1. The van der Waals surface area contributed by atoms with Crippen molar-refractivity contribution in [2.24, 2.45) is 0 Å². The number of nitrogens with one attached hydrogen (secondary N) is 1. The third-order valence-electron chi connectivity index (χ3n) is 4.76. The summed E-state index contributed by atoms with van der Waals surface area (Å²) < 4.78 is 10.7. The fourth-order valence-corrected chi connectivity index (χ4v) is 3.92. The molecule has 2 heterocycles. The second-order valence-corrected chi connectivity index (χ2v) is 7.59. The standard InChI is InChI=1S/C24H21N3O3S/c1-29-21-10-9-18(12-22(21)30-2)20-15-31-24(27-20)17-7-5-16(6-8-17)13-26-23(28)19-4-3-11-25-14-19/h3-12,14-15H,13H2,1-2H3,(H,26,28). The monoisotopic (exact) mass is 431 g/mol. The number of nitrogens with zero attached hydrogens (tertiary/aromatic N) is 2. The van der Waals surface area contributed by atoms with E-state index in [1.807, 2.05) is 47.8 Å². The van der Waals surface area contributed by atoms with Crippen LogP contribution in [-0.2, 0) is 6.54 Å². The largest absolute Gasteiger partial charge is 0.493 e. The van der Waals surface area contributed by atoms with E-state index in [1.54, 1.807) is 50.1 Å². The fourth-order valence-electron chi connectivity index (χ4n) is 3.08. The first-order valence-corrected chi connectivity index (χ1v) is 10.5. The van der Waals surface area contributed by atoms with Crippen molar-refractivity contribution in [2.75, 3.05) is 14.2 Å². The van der Waals surface area contributed by atoms with Gasteiger partial charge in [-0.15, -0.1) is 11.3 Å². The third kappa shape index (κ3) is 4.73. The van der Waals surface area contributed by atoms with Crippen molar-refractivity contribution in [3.8, 4) is 33.3 Å². The lowest BCUT2D eigenvalue weighted by Gasteiger charge is -2.08. The molecule has 0 saturated carbocycles. The van der Waals surface area contributed by atoms with Crippen molar-refractivity contribution < 1.29 is 14.3 Å². The Morgan fingerprint density at radius 2 is 1.77 bits per heavy atom. The predicted molar refractivity (Wildman–Crippen MR) is 121 cm³/mol. The Balaban J connectivity index is 1.44. The van der Waals surface area contributed by atoms with Gasteiger partial charge in [-0.2, -0.15) is 0 Å². The molecule has 0 aliphatic rings. The van der Waals surface area contributed by atoms with E-state index in [0.29, 0.717) is 23.6 Å². The van der Waals surface area contributed by atoms with Gasteiger partial charge in [0.15, 0.2) is 11.5 Å². The van der Waals surface area contributed by atoms with Gasteiger partial charge in [-0.25, -0.2) is 4.98 Å². The molecule has 4 rings (SSSR count). The Morgan fingerprint density at radius 1 is 1.00 bits per heavy atom. The highest BCUT2D eigenvalue weighted by molar-refractivity contribution is 7.13. The van der Waals surface area contributed by atoms with Crippen molar-refractivity contribution in [3.63, 3.8) is 0 Å². The molecule has 4 aromatic rings. The van der Waals surface area contributed by atoms with Gasteiger partial charge in [0.2, 0.25) is 0 Å². The third-order valence-corrected chi connectivity index (χ3v) is 5.65. The van der Waals surface area contributed by atoms with E-state index in [-0.39, 0.29) is 5.91 Å². The van der Waals surface area contributed by atoms with Crippen LogP contribution in [0.15, 0.2) is 72.4 Å². The SMILES string of the molecule is COc1ccc(-c2csc(-c3ccc(CNC(=O)c4cccnc4)cc3)n2)cc1OC. The highest BCUT2D eigenvalue weighted by Gasteiger charge is 2.11. The Kier molecular flexibility index (Phi) is 6.24. The van der Waals surface area contributed by atoms with E-state index in [1.165, 1.54) is 0 Å². The van der Waals surface area contributed by atoms with Crippen LogP contribution in [0, 0.1) is 0 Å². The maximum absolute atomic E-state index is 12.2. The summed E-state index contributed by atoms with van der Waals surface area (Å²) >= 11 is 1.58. The number of amides is 1. The Labute approximate surface area is 184 Å². The molecule has 1 amide bonds. The number of carbonyl (C=O) groups excluding carboxylic acids is 1. The van der Waals surface area contributed by atoms with Gasteiger partial charge in [-0.1, -0.05) is 24.3 Å². The number of hydrogen-bond acceptors (Lipinski definition) is 6. The number of rotatable bonds is 7. The number of methoxy groups -OCH3 is 2. The minimum atomic E-state index is -0.142. The highest BCUT2D eigenvalue weighted by Crippen LogP contribution is 2.34. The molecule has 0 atom stereocenters. The molecule has 0 radical (unpaired) electrons. The van der Waals surface area contributed by atoms with Crippen LogP contribution in [0.4, 0.5) is 0 Å². The van der Waals surface area contributed by atoms with E-state index < -0.39 is 0 Å². The number of pyridine rings is 1. The van der Waals surface area contributed by atoms with Crippen LogP contribution in [0.3, 0.4) is 0 Å². The highest BCUT2D eigenvalue weighted by atomic mass is 32.1. The summed E-state index contributed by atoms with van der Waals surface area (Å²) in [5.41, 5.74) is 4.44. The van der Waals surface area contributed by atoms with Gasteiger partial charge in [0.1, 0.15) is 5.01 Å². The number of thiazole rings is 1. The van der Waals surface area contributed by atoms with Gasteiger partial charge in [0, 0.05) is 35.4 Å². The molecule has 0 bridgehead atoms. The van der Waals surface area contributed by atoms with Crippen LogP contribution < -0.4 is 14.8 Å². The summed E-state index contributed by atoms with van der Waals surface area (Å²) in [6.45, 7) is 0.447. The molecule has 6 nitrogen and oxygen atoms in total. The van der Waals surface area contributed by atoms with Crippen molar-refractivity contribution in [2.45, 2.75) is 6.54 Å². The van der Waals surface area contributed by atoms with Crippen molar-refractivity contribution in [1.29, 1.82) is 0 Å². The van der Waals surface area contributed by atoms with Gasteiger partial charge in [0.25, 0.3) is 5.91 Å². The number of carbonyl (C=O) groups is 1. The first kappa shape index (κ1) is 20.6. The predicted octanol–water partition coefficient (Wildman–Crippen LogP) is 4.82. The summed E-state index contributed by atoms with van der Waals surface area (Å²) in [4.78, 5) is 20.9. The van der Waals surface area contributed by atoms with Crippen LogP contribution in [0.1, 0.15) is 15.9 Å². The summed E-state index contributed by atoms with van der Waals surface area (Å²) in [5.74, 6) is 1.22. The summed E-state index contributed by atoms with van der Waals surface area (Å²) in [7, 11) is 3.24. The van der Waals surface area contributed by atoms with Gasteiger partial charge in [-0.3, -0.25) is 9.78 Å². The van der Waals surface area contributed by atoms with E-state index in [4.69, 9.17) is 14.5 Å². The molecular weight excluding hydrogens is 410 g/mol. The lowest BCUT2D eigenvalue weighted by atomic mass is 10.1. The van der Waals surface area contributed by atoms with E-state index in [9.17, 15) is 4.79 Å². The summed E-state index contributed by atoms with van der Waals surface area (Å²) in [6, 6.07) is 17.3. The van der Waals surface area contributed by atoms with Gasteiger partial charge in [-0.05, 0) is 35.9 Å². The molecule has 2 aromatic carbocycles. The molecule has 0 unspecified atom stereocenters. The Bertz CT molecular complexity index is 1170. The molecule has 7 heteroatoms. The van der Waals surface area contributed by atoms with Gasteiger partial charge < -0.3 is 14.8 Å². The minimum Gasteiger partial charge on any atom is -0.493 e.